The molecule has 1 atom stereocenters. The number of hydrogen-bond acceptors (Lipinski definition) is 3. The Balaban J connectivity index is 2.11. The molecular formula is C12H11ClN2O2S. The Bertz CT molecular complexity index is 680. The maximum Gasteiger partial charge on any atom is 0.225 e. The molecule has 0 saturated carbocycles. The lowest BCUT2D eigenvalue weighted by atomic mass is 10.1. The summed E-state index contributed by atoms with van der Waals surface area (Å²) in [5.41, 5.74) is 1.75. The quantitative estimate of drug-likeness (QED) is 0.920. The van der Waals surface area contributed by atoms with E-state index < -0.39 is 15.1 Å². The molecule has 1 aliphatic carbocycles. The third-order valence-corrected chi connectivity index (χ3v) is 5.63. The van der Waals surface area contributed by atoms with Crippen molar-refractivity contribution in [3.63, 3.8) is 0 Å². The Morgan fingerprint density at radius 2 is 2.22 bits per heavy atom. The molecule has 4 nitrogen and oxygen atoms in total. The molecule has 1 aromatic heterocycles. The number of rotatable bonds is 2. The van der Waals surface area contributed by atoms with Crippen LogP contribution in [0.3, 0.4) is 0 Å². The van der Waals surface area contributed by atoms with E-state index >= 15 is 0 Å². The van der Waals surface area contributed by atoms with Crippen LogP contribution >= 0.6 is 11.6 Å². The average molecular weight is 283 g/mol. The number of benzene rings is 1. The number of fused-ring (bicyclic) bond motifs is 1. The molecule has 1 N–H and O–H groups in total. The van der Waals surface area contributed by atoms with Crippen LogP contribution in [0.25, 0.3) is 0 Å². The van der Waals surface area contributed by atoms with Crippen molar-refractivity contribution in [3.8, 4) is 0 Å². The number of imidazole rings is 1. The first-order valence-corrected chi connectivity index (χ1v) is 7.53. The average Bonchev–Trinajstić information content (AvgIpc) is 2.99. The highest BCUT2D eigenvalue weighted by atomic mass is 35.5. The van der Waals surface area contributed by atoms with E-state index in [0.717, 1.165) is 11.1 Å². The van der Waals surface area contributed by atoms with Gasteiger partial charge in [-0.15, -0.1) is 0 Å². The second-order valence-electron chi connectivity index (χ2n) is 4.27. The van der Waals surface area contributed by atoms with Gasteiger partial charge in [-0.1, -0.05) is 23.7 Å². The van der Waals surface area contributed by atoms with Crippen LogP contribution < -0.4 is 0 Å². The fraction of sp³-hybridized carbons (Fsp3) is 0.250. The fourth-order valence-electron chi connectivity index (χ4n) is 2.44. The Labute approximate surface area is 110 Å². The van der Waals surface area contributed by atoms with Crippen LogP contribution in [-0.4, -0.2) is 18.4 Å². The van der Waals surface area contributed by atoms with Crippen molar-refractivity contribution in [2.45, 2.75) is 23.2 Å². The third kappa shape index (κ3) is 1.66. The summed E-state index contributed by atoms with van der Waals surface area (Å²) >= 11 is 6.09. The van der Waals surface area contributed by atoms with Gasteiger partial charge >= 0.3 is 0 Å². The summed E-state index contributed by atoms with van der Waals surface area (Å²) in [6.07, 6.45) is 4.21. The summed E-state index contributed by atoms with van der Waals surface area (Å²) in [5, 5.41) is 0.127. The number of aromatic nitrogens is 2. The van der Waals surface area contributed by atoms with E-state index in [1.165, 1.54) is 12.4 Å². The van der Waals surface area contributed by atoms with Gasteiger partial charge in [0.2, 0.25) is 15.0 Å². The predicted molar refractivity (Wildman–Crippen MR) is 68.3 cm³/mol. The molecule has 0 unspecified atom stereocenters. The van der Waals surface area contributed by atoms with Crippen molar-refractivity contribution in [3.05, 3.63) is 46.7 Å². The Morgan fingerprint density at radius 1 is 1.39 bits per heavy atom. The van der Waals surface area contributed by atoms with Gasteiger partial charge < -0.3 is 4.98 Å². The lowest BCUT2D eigenvalue weighted by Gasteiger charge is -2.11. The molecule has 0 radical (unpaired) electrons. The van der Waals surface area contributed by atoms with Crippen LogP contribution in [-0.2, 0) is 16.3 Å². The first-order chi connectivity index (χ1) is 8.60. The normalized spacial score (nSPS) is 18.8. The van der Waals surface area contributed by atoms with E-state index in [9.17, 15) is 8.42 Å². The van der Waals surface area contributed by atoms with Crippen LogP contribution in [0.1, 0.15) is 22.8 Å². The minimum atomic E-state index is -3.45. The molecule has 1 aliphatic rings. The molecule has 3 rings (SSSR count). The number of H-pyrrole nitrogens is 1. The Hall–Kier alpha value is -1.33. The van der Waals surface area contributed by atoms with Gasteiger partial charge in [-0.25, -0.2) is 13.4 Å². The second-order valence-corrected chi connectivity index (χ2v) is 6.73. The third-order valence-electron chi connectivity index (χ3n) is 3.28. The molecule has 1 heterocycles. The van der Waals surface area contributed by atoms with E-state index in [2.05, 4.69) is 9.97 Å². The highest BCUT2D eigenvalue weighted by molar-refractivity contribution is 7.91. The van der Waals surface area contributed by atoms with Crippen molar-refractivity contribution in [1.82, 2.24) is 9.97 Å². The van der Waals surface area contributed by atoms with Gasteiger partial charge in [0.15, 0.2) is 0 Å². The summed E-state index contributed by atoms with van der Waals surface area (Å²) in [4.78, 5) is 6.52. The molecule has 0 bridgehead atoms. The van der Waals surface area contributed by atoms with Crippen LogP contribution in [0.4, 0.5) is 0 Å². The van der Waals surface area contributed by atoms with Crippen LogP contribution in [0, 0.1) is 0 Å². The molecule has 94 valence electrons. The fourth-order valence-corrected chi connectivity index (χ4v) is 4.40. The Morgan fingerprint density at radius 3 is 2.94 bits per heavy atom. The van der Waals surface area contributed by atoms with Crippen molar-refractivity contribution in [2.75, 3.05) is 0 Å². The summed E-state index contributed by atoms with van der Waals surface area (Å²) in [7, 11) is -3.45. The minimum Gasteiger partial charge on any atom is -0.336 e. The van der Waals surface area contributed by atoms with Gasteiger partial charge in [0, 0.05) is 17.4 Å². The first kappa shape index (κ1) is 11.7. The van der Waals surface area contributed by atoms with Crippen molar-refractivity contribution < 1.29 is 8.42 Å². The summed E-state index contributed by atoms with van der Waals surface area (Å²) in [6, 6.07) is 5.42. The number of sulfone groups is 1. The van der Waals surface area contributed by atoms with Gasteiger partial charge in [0.05, 0.1) is 5.25 Å². The molecule has 18 heavy (non-hydrogen) atoms. The van der Waals surface area contributed by atoms with E-state index in [1.54, 1.807) is 12.1 Å². The number of halogens is 1. The molecule has 0 aliphatic heterocycles. The van der Waals surface area contributed by atoms with Crippen molar-refractivity contribution >= 4 is 21.4 Å². The molecule has 0 fully saturated rings. The molecule has 2 aromatic rings. The molecule has 0 amide bonds. The zero-order valence-corrected chi connectivity index (χ0v) is 11.0. The van der Waals surface area contributed by atoms with E-state index in [4.69, 9.17) is 11.6 Å². The summed E-state index contributed by atoms with van der Waals surface area (Å²) in [6.45, 7) is 0. The van der Waals surface area contributed by atoms with Crippen molar-refractivity contribution in [1.29, 1.82) is 0 Å². The number of aromatic amines is 1. The van der Waals surface area contributed by atoms with Crippen LogP contribution in [0.5, 0.6) is 0 Å². The van der Waals surface area contributed by atoms with Crippen LogP contribution in [0.15, 0.2) is 35.7 Å². The molecule has 0 spiro atoms. The van der Waals surface area contributed by atoms with E-state index in [1.807, 2.05) is 6.07 Å². The maximum absolute atomic E-state index is 12.4. The molecule has 1 aromatic carbocycles. The standard InChI is InChI=1S/C12H11ClN2O2S/c13-10-3-1-2-9-8(10)4-5-11(9)18(16,17)12-14-6-7-15-12/h1-3,6-7,11H,4-5H2,(H,14,15)/t11-/m0/s1. The first-order valence-electron chi connectivity index (χ1n) is 5.61. The van der Waals surface area contributed by atoms with Gasteiger partial charge in [-0.3, -0.25) is 0 Å². The number of nitrogens with one attached hydrogen (secondary N) is 1. The topological polar surface area (TPSA) is 62.8 Å². The molecule has 6 heteroatoms. The zero-order chi connectivity index (χ0) is 12.8. The predicted octanol–water partition coefficient (Wildman–Crippen LogP) is 2.52. The second kappa shape index (κ2) is 4.10. The van der Waals surface area contributed by atoms with Crippen molar-refractivity contribution in [2.24, 2.45) is 0 Å². The smallest absolute Gasteiger partial charge is 0.225 e. The largest absolute Gasteiger partial charge is 0.336 e. The van der Waals surface area contributed by atoms with Gasteiger partial charge in [-0.2, -0.15) is 0 Å². The van der Waals surface area contributed by atoms with E-state index in [-0.39, 0.29) is 5.16 Å². The highest BCUT2D eigenvalue weighted by Crippen LogP contribution is 2.41. The van der Waals surface area contributed by atoms with Gasteiger partial charge in [0.1, 0.15) is 0 Å². The lowest BCUT2D eigenvalue weighted by Crippen LogP contribution is -2.12. The van der Waals surface area contributed by atoms with Gasteiger partial charge in [0.25, 0.3) is 0 Å². The lowest BCUT2D eigenvalue weighted by molar-refractivity contribution is 0.573. The van der Waals surface area contributed by atoms with E-state index in [0.29, 0.717) is 17.9 Å². The summed E-state index contributed by atoms with van der Waals surface area (Å²) in [5.74, 6) is 0. The number of nitrogens with zero attached hydrogens (tertiary/aromatic N) is 1. The monoisotopic (exact) mass is 282 g/mol. The minimum absolute atomic E-state index is 0.0281. The SMILES string of the molecule is O=S(=O)(c1ncc[nH]1)[C@H]1CCc2c(Cl)cccc21. The zero-order valence-electron chi connectivity index (χ0n) is 9.43. The summed E-state index contributed by atoms with van der Waals surface area (Å²) < 4.78 is 24.9. The van der Waals surface area contributed by atoms with Gasteiger partial charge in [-0.05, 0) is 30.0 Å². The number of hydrogen-bond donors (Lipinski definition) is 1. The highest BCUT2D eigenvalue weighted by Gasteiger charge is 2.36. The maximum atomic E-state index is 12.4. The Kier molecular flexibility index (Phi) is 2.68. The molecule has 0 saturated heterocycles. The molecular weight excluding hydrogens is 272 g/mol. The van der Waals surface area contributed by atoms with Crippen LogP contribution in [0.2, 0.25) is 5.02 Å².